The molecule has 0 aliphatic carbocycles. The highest BCUT2D eigenvalue weighted by atomic mass is 32.2. The molecule has 26 heavy (non-hydrogen) atoms. The number of hydrogen-bond acceptors (Lipinski definition) is 3. The van der Waals surface area contributed by atoms with Crippen molar-refractivity contribution in [2.45, 2.75) is 38.9 Å². The van der Waals surface area contributed by atoms with Crippen molar-refractivity contribution in [3.05, 3.63) is 65.0 Å². The van der Waals surface area contributed by atoms with Crippen LogP contribution < -0.4 is 0 Å². The average molecular weight is 378 g/mol. The van der Waals surface area contributed by atoms with Crippen molar-refractivity contribution in [3.63, 3.8) is 0 Å². The number of benzene rings is 1. The summed E-state index contributed by atoms with van der Waals surface area (Å²) < 4.78 is 42.7. The van der Waals surface area contributed by atoms with Gasteiger partial charge in [0.25, 0.3) is 0 Å². The number of aromatic nitrogens is 1. The molecule has 1 heterocycles. The third kappa shape index (κ3) is 5.11. The zero-order valence-electron chi connectivity index (χ0n) is 15.0. The van der Waals surface area contributed by atoms with Crippen LogP contribution in [0.1, 0.15) is 49.3 Å². The van der Waals surface area contributed by atoms with Gasteiger partial charge < -0.3 is 0 Å². The van der Waals surface area contributed by atoms with Crippen molar-refractivity contribution in [2.75, 3.05) is 0 Å². The minimum atomic E-state index is -1.52. The van der Waals surface area contributed by atoms with Gasteiger partial charge in [-0.3, -0.25) is 9.78 Å². The molecular formula is C19H20F2N2O2S. The largest absolute Gasteiger partial charge is 0.292 e. The molecule has 2 rings (SSSR count). The molecule has 0 aliphatic rings. The lowest BCUT2D eigenvalue weighted by Gasteiger charge is -2.14. The van der Waals surface area contributed by atoms with E-state index < -0.39 is 27.4 Å². The lowest BCUT2D eigenvalue weighted by atomic mass is 10.0. The van der Waals surface area contributed by atoms with Gasteiger partial charge in [-0.15, -0.1) is 0 Å². The highest BCUT2D eigenvalue weighted by Gasteiger charge is 2.20. The maximum Gasteiger partial charge on any atom is 0.185 e. The summed E-state index contributed by atoms with van der Waals surface area (Å²) in [5, 5.41) is 0. The Morgan fingerprint density at radius 3 is 2.46 bits per heavy atom. The maximum atomic E-state index is 14.2. The van der Waals surface area contributed by atoms with Crippen LogP contribution in [-0.4, -0.2) is 25.4 Å². The smallest absolute Gasteiger partial charge is 0.185 e. The fraction of sp³-hybridized carbons (Fsp3) is 0.316. The van der Waals surface area contributed by atoms with Crippen LogP contribution in [0.15, 0.2) is 40.9 Å². The Bertz CT molecular complexity index is 872. The van der Waals surface area contributed by atoms with Gasteiger partial charge in [0, 0.05) is 12.0 Å². The van der Waals surface area contributed by atoms with E-state index in [9.17, 15) is 17.8 Å². The summed E-state index contributed by atoms with van der Waals surface area (Å²) in [7, 11) is -1.52. The molecule has 0 saturated heterocycles. The molecule has 1 aromatic heterocycles. The van der Waals surface area contributed by atoms with E-state index in [0.717, 1.165) is 12.3 Å². The van der Waals surface area contributed by atoms with Gasteiger partial charge in [-0.1, -0.05) is 6.07 Å². The summed E-state index contributed by atoms with van der Waals surface area (Å²) in [6.45, 7) is 6.91. The molecule has 1 atom stereocenters. The van der Waals surface area contributed by atoms with E-state index in [-0.39, 0.29) is 23.5 Å². The third-order valence-electron chi connectivity index (χ3n) is 3.54. The predicted octanol–water partition coefficient (Wildman–Crippen LogP) is 4.06. The van der Waals surface area contributed by atoms with E-state index >= 15 is 0 Å². The van der Waals surface area contributed by atoms with Crippen LogP contribution in [0, 0.1) is 11.6 Å². The van der Waals surface area contributed by atoms with E-state index in [1.54, 1.807) is 27.7 Å². The lowest BCUT2D eigenvalue weighted by Crippen LogP contribution is -2.21. The van der Waals surface area contributed by atoms with Gasteiger partial charge >= 0.3 is 0 Å². The van der Waals surface area contributed by atoms with Gasteiger partial charge in [-0.25, -0.2) is 13.0 Å². The Kier molecular flexibility index (Phi) is 6.13. The first-order chi connectivity index (χ1) is 12.1. The van der Waals surface area contributed by atoms with Crippen LogP contribution in [0.4, 0.5) is 8.78 Å². The van der Waals surface area contributed by atoms with Crippen molar-refractivity contribution in [2.24, 2.45) is 4.40 Å². The van der Waals surface area contributed by atoms with Gasteiger partial charge in [0.15, 0.2) is 5.78 Å². The number of hydrogen-bond donors (Lipinski definition) is 0. The molecule has 0 saturated carbocycles. The molecule has 0 N–H and O–H groups in total. The number of ketones is 1. The molecule has 0 bridgehead atoms. The molecule has 0 spiro atoms. The van der Waals surface area contributed by atoms with E-state index in [1.807, 2.05) is 0 Å². The normalized spacial score (nSPS) is 13.5. The van der Waals surface area contributed by atoms with Gasteiger partial charge in [0.1, 0.15) is 28.3 Å². The molecule has 4 nitrogen and oxygen atoms in total. The minimum absolute atomic E-state index is 0.0123. The maximum absolute atomic E-state index is 14.2. The first-order valence-corrected chi connectivity index (χ1v) is 9.09. The van der Waals surface area contributed by atoms with E-state index in [4.69, 9.17) is 0 Å². The van der Waals surface area contributed by atoms with Crippen molar-refractivity contribution in [1.82, 2.24) is 4.98 Å². The number of halogens is 2. The molecular weight excluding hydrogens is 358 g/mol. The summed E-state index contributed by atoms with van der Waals surface area (Å²) in [4.78, 5) is 16.0. The second-order valence-corrected chi connectivity index (χ2v) is 8.72. The Morgan fingerprint density at radius 1 is 1.19 bits per heavy atom. The van der Waals surface area contributed by atoms with Crippen molar-refractivity contribution in [1.29, 1.82) is 0 Å². The van der Waals surface area contributed by atoms with Gasteiger partial charge in [0.05, 0.1) is 16.7 Å². The highest BCUT2D eigenvalue weighted by Crippen LogP contribution is 2.17. The molecule has 1 aromatic carbocycles. The Hall–Kier alpha value is -2.28. The zero-order valence-corrected chi connectivity index (χ0v) is 15.9. The summed E-state index contributed by atoms with van der Waals surface area (Å²) in [6.07, 6.45) is 0.962. The molecule has 138 valence electrons. The minimum Gasteiger partial charge on any atom is -0.292 e. The Balaban J connectivity index is 2.26. The second-order valence-electron chi connectivity index (χ2n) is 6.81. The van der Waals surface area contributed by atoms with Crippen molar-refractivity contribution in [3.8, 4) is 0 Å². The molecule has 0 amide bonds. The van der Waals surface area contributed by atoms with E-state index in [1.165, 1.54) is 24.3 Å². The zero-order chi connectivity index (χ0) is 19.5. The molecule has 0 radical (unpaired) electrons. The van der Waals surface area contributed by atoms with E-state index in [2.05, 4.69) is 9.38 Å². The fourth-order valence-electron chi connectivity index (χ4n) is 2.09. The van der Waals surface area contributed by atoms with Crippen molar-refractivity contribution >= 4 is 22.5 Å². The average Bonchev–Trinajstić information content (AvgIpc) is 2.56. The first kappa shape index (κ1) is 20.0. The lowest BCUT2D eigenvalue weighted by molar-refractivity contribution is 0.0988. The Morgan fingerprint density at radius 2 is 1.88 bits per heavy atom. The van der Waals surface area contributed by atoms with Crippen LogP contribution in [0.5, 0.6) is 0 Å². The Labute approximate surface area is 154 Å². The third-order valence-corrected chi connectivity index (χ3v) is 5.03. The molecule has 0 fully saturated rings. The van der Waals surface area contributed by atoms with Crippen LogP contribution in [0.2, 0.25) is 0 Å². The number of pyridine rings is 1. The number of carbonyl (C=O) groups is 1. The van der Waals surface area contributed by atoms with Gasteiger partial charge in [-0.05, 0) is 57.5 Å². The topological polar surface area (TPSA) is 59.4 Å². The van der Waals surface area contributed by atoms with Crippen LogP contribution in [0.3, 0.4) is 0 Å². The van der Waals surface area contributed by atoms with E-state index in [0.29, 0.717) is 11.3 Å². The van der Waals surface area contributed by atoms with Gasteiger partial charge in [0.2, 0.25) is 0 Å². The van der Waals surface area contributed by atoms with Gasteiger partial charge in [-0.2, -0.15) is 4.40 Å². The quantitative estimate of drug-likeness (QED) is 0.582. The monoisotopic (exact) mass is 378 g/mol. The molecule has 7 heteroatoms. The SMILES string of the molecule is CC(=N[S@](=O)C(C)(C)C)c1cc(CC(=O)c2ccc(F)cn2)ccc1F. The number of carbonyl (C=O) groups excluding carboxylic acids is 1. The summed E-state index contributed by atoms with van der Waals surface area (Å²) in [6, 6.07) is 6.72. The standard InChI is InChI=1S/C19H20F2N2O2S/c1-12(23-26(25)19(2,3)4)15-9-13(5-7-16(15)21)10-18(24)17-8-6-14(20)11-22-17/h5-9,11H,10H2,1-4H3/t26-/m1/s1. The predicted molar refractivity (Wildman–Crippen MR) is 98.7 cm³/mol. The molecule has 0 unspecified atom stereocenters. The van der Waals surface area contributed by atoms with Crippen molar-refractivity contribution < 1.29 is 17.8 Å². The summed E-state index contributed by atoms with van der Waals surface area (Å²) >= 11 is 0. The number of rotatable bonds is 5. The molecule has 0 aliphatic heterocycles. The molecule has 2 aromatic rings. The van der Waals surface area contributed by atoms with Crippen LogP contribution in [0.25, 0.3) is 0 Å². The number of Topliss-reactive ketones (excluding diaryl/α,β-unsaturated/α-hetero) is 1. The summed E-state index contributed by atoms with van der Waals surface area (Å²) in [5.74, 6) is -1.34. The summed E-state index contributed by atoms with van der Waals surface area (Å²) in [5.41, 5.74) is 1.19. The first-order valence-electron chi connectivity index (χ1n) is 7.99. The van der Waals surface area contributed by atoms with Crippen LogP contribution in [-0.2, 0) is 17.4 Å². The fourth-order valence-corrected chi connectivity index (χ4v) is 2.71. The highest BCUT2D eigenvalue weighted by molar-refractivity contribution is 7.85. The van der Waals surface area contributed by atoms with Crippen LogP contribution >= 0.6 is 0 Å². The number of nitrogens with zero attached hydrogens (tertiary/aromatic N) is 2. The second kappa shape index (κ2) is 7.95.